The SMILES string of the molecule is COC(=O)[C@H]1c2c(ccc3c2c(CCN=[N+]=[N-])cn3S(=O)(=O)c2ccc(C)cc2)O[C@@H]1c1ccc(OCc2ccccc2)c(OC)c1. The van der Waals surface area contributed by atoms with E-state index in [1.807, 2.05) is 43.3 Å². The number of aromatic nitrogens is 1. The van der Waals surface area contributed by atoms with Gasteiger partial charge in [0.1, 0.15) is 24.4 Å². The van der Waals surface area contributed by atoms with Crippen LogP contribution >= 0.6 is 0 Å². The van der Waals surface area contributed by atoms with Gasteiger partial charge in [0.25, 0.3) is 10.0 Å². The second-order valence-electron chi connectivity index (χ2n) is 11.1. The molecule has 1 aliphatic heterocycles. The highest BCUT2D eigenvalue weighted by molar-refractivity contribution is 7.90. The van der Waals surface area contributed by atoms with Gasteiger partial charge in [0.05, 0.1) is 24.6 Å². The van der Waals surface area contributed by atoms with E-state index in [9.17, 15) is 13.2 Å². The average Bonchev–Trinajstić information content (AvgIpc) is 3.67. The predicted molar refractivity (Wildman–Crippen MR) is 175 cm³/mol. The molecule has 47 heavy (non-hydrogen) atoms. The Balaban J connectivity index is 1.45. The summed E-state index contributed by atoms with van der Waals surface area (Å²) in [5.41, 5.74) is 12.9. The molecule has 0 saturated heterocycles. The minimum atomic E-state index is -4.03. The molecule has 0 N–H and O–H groups in total. The van der Waals surface area contributed by atoms with Crippen LogP contribution in [0.5, 0.6) is 17.2 Å². The Hall–Kier alpha value is -5.45. The maximum atomic E-state index is 13.9. The number of carbonyl (C=O) groups is 1. The lowest BCUT2D eigenvalue weighted by molar-refractivity contribution is -0.144. The third-order valence-corrected chi connectivity index (χ3v) is 9.90. The van der Waals surface area contributed by atoms with Crippen LogP contribution in [0.2, 0.25) is 0 Å². The first-order valence-electron chi connectivity index (χ1n) is 14.9. The molecule has 11 nitrogen and oxygen atoms in total. The Bertz CT molecular complexity index is 2110. The van der Waals surface area contributed by atoms with E-state index >= 15 is 0 Å². The number of aryl methyl sites for hydroxylation is 1. The summed E-state index contributed by atoms with van der Waals surface area (Å²) in [6.45, 7) is 2.30. The summed E-state index contributed by atoms with van der Waals surface area (Å²) < 4.78 is 52.5. The minimum Gasteiger partial charge on any atom is -0.493 e. The fraction of sp³-hybridized carbons (Fsp3) is 0.229. The molecule has 240 valence electrons. The second kappa shape index (κ2) is 13.1. The van der Waals surface area contributed by atoms with E-state index in [-0.39, 0.29) is 17.9 Å². The molecule has 12 heteroatoms. The number of hydrogen-bond donors (Lipinski definition) is 0. The van der Waals surface area contributed by atoms with Crippen LogP contribution in [-0.2, 0) is 32.6 Å². The second-order valence-corrected chi connectivity index (χ2v) is 12.9. The van der Waals surface area contributed by atoms with E-state index in [0.717, 1.165) is 11.1 Å². The quantitative estimate of drug-likeness (QED) is 0.0646. The Morgan fingerprint density at radius 2 is 1.77 bits per heavy atom. The molecule has 5 aromatic rings. The van der Waals surface area contributed by atoms with Crippen molar-refractivity contribution in [2.45, 2.75) is 36.9 Å². The summed E-state index contributed by atoms with van der Waals surface area (Å²) in [5.74, 6) is -0.115. The Morgan fingerprint density at radius 3 is 2.47 bits per heavy atom. The normalized spacial score (nSPS) is 15.4. The Morgan fingerprint density at radius 1 is 1.00 bits per heavy atom. The van der Waals surface area contributed by atoms with E-state index in [0.29, 0.717) is 51.4 Å². The summed E-state index contributed by atoms with van der Waals surface area (Å²) in [5, 5.41) is 4.20. The first-order chi connectivity index (χ1) is 22.8. The third kappa shape index (κ3) is 5.96. The molecule has 0 radical (unpaired) electrons. The maximum Gasteiger partial charge on any atom is 0.317 e. The molecule has 0 spiro atoms. The largest absolute Gasteiger partial charge is 0.493 e. The number of rotatable bonds is 11. The zero-order chi connectivity index (χ0) is 33.1. The van der Waals surface area contributed by atoms with Crippen LogP contribution in [0.4, 0.5) is 0 Å². The van der Waals surface area contributed by atoms with Crippen LogP contribution < -0.4 is 14.2 Å². The van der Waals surface area contributed by atoms with Crippen molar-refractivity contribution in [2.75, 3.05) is 20.8 Å². The molecular weight excluding hydrogens is 620 g/mol. The van der Waals surface area contributed by atoms with Gasteiger partial charge in [-0.05, 0) is 72.0 Å². The number of fused-ring (bicyclic) bond motifs is 3. The Labute approximate surface area is 271 Å². The molecule has 0 unspecified atom stereocenters. The van der Waals surface area contributed by atoms with Gasteiger partial charge in [0, 0.05) is 28.6 Å². The predicted octanol–water partition coefficient (Wildman–Crippen LogP) is 7.02. The molecule has 0 bridgehead atoms. The van der Waals surface area contributed by atoms with E-state index in [4.69, 9.17) is 24.5 Å². The summed E-state index contributed by atoms with van der Waals surface area (Å²) in [6, 6.07) is 25.0. The zero-order valence-electron chi connectivity index (χ0n) is 26.0. The third-order valence-electron chi connectivity index (χ3n) is 8.21. The van der Waals surface area contributed by atoms with Crippen molar-refractivity contribution in [3.8, 4) is 17.2 Å². The van der Waals surface area contributed by atoms with Crippen LogP contribution in [-0.4, -0.2) is 39.1 Å². The number of carbonyl (C=O) groups excluding carboxylic acids is 1. The van der Waals surface area contributed by atoms with Crippen LogP contribution in [0.15, 0.2) is 101 Å². The number of hydrogen-bond acceptors (Lipinski definition) is 8. The van der Waals surface area contributed by atoms with E-state index in [1.54, 1.807) is 48.5 Å². The van der Waals surface area contributed by atoms with Gasteiger partial charge in [-0.3, -0.25) is 4.79 Å². The molecule has 2 atom stereocenters. The highest BCUT2D eigenvalue weighted by atomic mass is 32.2. The monoisotopic (exact) mass is 652 g/mol. The molecule has 0 saturated carbocycles. The lowest BCUT2D eigenvalue weighted by Crippen LogP contribution is -2.20. The first kappa shape index (κ1) is 31.5. The van der Waals surface area contributed by atoms with Crippen molar-refractivity contribution in [1.29, 1.82) is 0 Å². The van der Waals surface area contributed by atoms with Gasteiger partial charge >= 0.3 is 5.97 Å². The van der Waals surface area contributed by atoms with Crippen LogP contribution in [0.1, 0.15) is 39.8 Å². The van der Waals surface area contributed by atoms with Crippen LogP contribution in [0, 0.1) is 6.92 Å². The highest BCUT2D eigenvalue weighted by Gasteiger charge is 2.44. The number of azide groups is 1. The van der Waals surface area contributed by atoms with E-state index in [1.165, 1.54) is 24.4 Å². The summed E-state index contributed by atoms with van der Waals surface area (Å²) >= 11 is 0. The molecule has 6 rings (SSSR count). The average molecular weight is 653 g/mol. The number of ether oxygens (including phenoxy) is 4. The molecule has 1 aliphatic rings. The molecule has 4 aromatic carbocycles. The number of methoxy groups -OCH3 is 2. The van der Waals surface area contributed by atoms with Gasteiger partial charge in [-0.15, -0.1) is 0 Å². The van der Waals surface area contributed by atoms with Gasteiger partial charge in [0.2, 0.25) is 0 Å². The van der Waals surface area contributed by atoms with Gasteiger partial charge in [-0.25, -0.2) is 12.4 Å². The van der Waals surface area contributed by atoms with Gasteiger partial charge in [0.15, 0.2) is 11.5 Å². The lowest BCUT2D eigenvalue weighted by Gasteiger charge is -2.20. The number of nitrogens with zero attached hydrogens (tertiary/aromatic N) is 4. The first-order valence-corrected chi connectivity index (χ1v) is 16.3. The molecule has 0 fully saturated rings. The van der Waals surface area contributed by atoms with Crippen molar-refractivity contribution >= 4 is 26.9 Å². The fourth-order valence-corrected chi connectivity index (χ4v) is 7.31. The number of benzene rings is 4. The summed E-state index contributed by atoms with van der Waals surface area (Å²) in [7, 11) is -1.20. The van der Waals surface area contributed by atoms with Gasteiger partial charge < -0.3 is 18.9 Å². The van der Waals surface area contributed by atoms with Crippen molar-refractivity contribution < 1.29 is 32.2 Å². The fourth-order valence-electron chi connectivity index (χ4n) is 5.93. The molecular formula is C35H32N4O7S. The highest BCUT2D eigenvalue weighted by Crippen LogP contribution is 2.52. The standard InChI is InChI=1S/C35H32N4O7S/c1-22-9-12-26(13-10-22)47(41,42)39-20-25(17-18-37-38-36)31-27(39)14-16-29-32(31)33(35(40)44-3)34(46-29)24-11-15-28(30(19-24)43-2)45-21-23-7-5-4-6-8-23/h4-16,19-20,33-34H,17-18,21H2,1-3H3/t33-,34+/m0/s1. The van der Waals surface area contributed by atoms with Gasteiger partial charge in [-0.1, -0.05) is 59.2 Å². The van der Waals surface area contributed by atoms with Crippen molar-refractivity contribution in [3.05, 3.63) is 129 Å². The van der Waals surface area contributed by atoms with Gasteiger partial charge in [-0.2, -0.15) is 0 Å². The molecule has 0 amide bonds. The Kier molecular flexibility index (Phi) is 8.80. The summed E-state index contributed by atoms with van der Waals surface area (Å²) in [6.07, 6.45) is 0.936. The lowest BCUT2D eigenvalue weighted by atomic mass is 9.87. The molecule has 2 heterocycles. The summed E-state index contributed by atoms with van der Waals surface area (Å²) in [4.78, 5) is 16.5. The van der Waals surface area contributed by atoms with Crippen molar-refractivity contribution in [3.63, 3.8) is 0 Å². The topological polar surface area (TPSA) is 142 Å². The maximum absolute atomic E-state index is 13.9. The molecule has 1 aromatic heterocycles. The van der Waals surface area contributed by atoms with Crippen LogP contribution in [0.3, 0.4) is 0 Å². The van der Waals surface area contributed by atoms with E-state index in [2.05, 4.69) is 10.0 Å². The van der Waals surface area contributed by atoms with Crippen molar-refractivity contribution in [2.24, 2.45) is 5.11 Å². The van der Waals surface area contributed by atoms with Crippen LogP contribution in [0.25, 0.3) is 21.3 Å². The van der Waals surface area contributed by atoms with Crippen molar-refractivity contribution in [1.82, 2.24) is 3.97 Å². The number of esters is 1. The van der Waals surface area contributed by atoms with E-state index < -0.39 is 28.0 Å². The minimum absolute atomic E-state index is 0.0820. The zero-order valence-corrected chi connectivity index (χ0v) is 26.8. The smallest absolute Gasteiger partial charge is 0.317 e. The molecule has 0 aliphatic carbocycles.